The molecule has 0 bridgehead atoms. The predicted molar refractivity (Wildman–Crippen MR) is 106 cm³/mol. The van der Waals surface area contributed by atoms with Crippen LogP contribution in [0, 0.1) is 0 Å². The topological polar surface area (TPSA) is 32.6 Å². The van der Waals surface area contributed by atoms with Crippen LogP contribution in [0.3, 0.4) is 0 Å². The highest BCUT2D eigenvalue weighted by molar-refractivity contribution is 6.14. The first-order chi connectivity index (χ1) is 12.0. The molecule has 0 amide bonds. The summed E-state index contributed by atoms with van der Waals surface area (Å²) in [6.45, 7) is 6.39. The fraction of sp³-hybridized carbons (Fsp3) is 0.435. The highest BCUT2D eigenvalue weighted by Crippen LogP contribution is 2.35. The van der Waals surface area contributed by atoms with Crippen molar-refractivity contribution in [1.29, 1.82) is 0 Å². The standard InChI is InChI=1S/C23H29NO/c1-23(2,3)20-16-10-15-19(22(20)25)21(17-11-6-4-7-12-17)24-18-13-8-5-9-14-18/h4,6-7,10-12,15-16,18,25H,5,8-9,13-14H2,1-3H3. The van der Waals surface area contributed by atoms with E-state index in [4.69, 9.17) is 4.99 Å². The second kappa shape index (κ2) is 7.43. The van der Waals surface area contributed by atoms with E-state index >= 15 is 0 Å². The van der Waals surface area contributed by atoms with Crippen molar-refractivity contribution in [3.63, 3.8) is 0 Å². The Hall–Kier alpha value is -2.09. The van der Waals surface area contributed by atoms with E-state index in [2.05, 4.69) is 32.9 Å². The lowest BCUT2D eigenvalue weighted by Crippen LogP contribution is -2.17. The first-order valence-corrected chi connectivity index (χ1v) is 9.43. The van der Waals surface area contributed by atoms with Gasteiger partial charge in [0.2, 0.25) is 0 Å². The van der Waals surface area contributed by atoms with E-state index in [1.807, 2.05) is 36.4 Å². The zero-order valence-electron chi connectivity index (χ0n) is 15.6. The molecular formula is C23H29NO. The summed E-state index contributed by atoms with van der Waals surface area (Å²) in [5.41, 5.74) is 3.72. The van der Waals surface area contributed by atoms with E-state index in [1.165, 1.54) is 19.3 Å². The Balaban J connectivity index is 2.11. The van der Waals surface area contributed by atoms with Gasteiger partial charge in [0.25, 0.3) is 0 Å². The number of hydrogen-bond donors (Lipinski definition) is 1. The minimum Gasteiger partial charge on any atom is -0.507 e. The molecule has 0 spiro atoms. The Morgan fingerprint density at radius 1 is 0.920 bits per heavy atom. The van der Waals surface area contributed by atoms with E-state index in [0.29, 0.717) is 11.8 Å². The second-order valence-electron chi connectivity index (χ2n) is 8.09. The molecule has 1 aliphatic carbocycles. The SMILES string of the molecule is CC(C)(C)c1cccc(C(=NC2CCCCC2)c2ccccc2)c1O. The predicted octanol–water partition coefficient (Wildman–Crippen LogP) is 5.86. The number of phenols is 1. The summed E-state index contributed by atoms with van der Waals surface area (Å²) in [5.74, 6) is 0.369. The Kier molecular flexibility index (Phi) is 5.27. The molecule has 2 nitrogen and oxygen atoms in total. The van der Waals surface area contributed by atoms with Crippen LogP contribution >= 0.6 is 0 Å². The van der Waals surface area contributed by atoms with Crippen LogP contribution in [0.1, 0.15) is 69.6 Å². The van der Waals surface area contributed by atoms with Gasteiger partial charge in [0.1, 0.15) is 5.75 Å². The zero-order chi connectivity index (χ0) is 17.9. The molecule has 1 saturated carbocycles. The van der Waals surface area contributed by atoms with Crippen molar-refractivity contribution >= 4 is 5.71 Å². The van der Waals surface area contributed by atoms with Crippen LogP contribution in [-0.4, -0.2) is 16.9 Å². The Morgan fingerprint density at radius 2 is 1.60 bits per heavy atom. The maximum Gasteiger partial charge on any atom is 0.128 e. The van der Waals surface area contributed by atoms with Crippen LogP contribution in [0.25, 0.3) is 0 Å². The van der Waals surface area contributed by atoms with Crippen LogP contribution in [0.5, 0.6) is 5.75 Å². The lowest BCUT2D eigenvalue weighted by Gasteiger charge is -2.24. The molecule has 0 saturated heterocycles. The molecule has 1 N–H and O–H groups in total. The van der Waals surface area contributed by atoms with Gasteiger partial charge in [-0.15, -0.1) is 0 Å². The molecule has 0 atom stereocenters. The average Bonchev–Trinajstić information content (AvgIpc) is 2.61. The minimum atomic E-state index is -0.104. The number of nitrogens with zero attached hydrogens (tertiary/aromatic N) is 1. The lowest BCUT2D eigenvalue weighted by atomic mass is 9.84. The summed E-state index contributed by atoms with van der Waals surface area (Å²) in [7, 11) is 0. The van der Waals surface area contributed by atoms with Crippen LogP contribution in [0.2, 0.25) is 0 Å². The van der Waals surface area contributed by atoms with Gasteiger partial charge in [0.15, 0.2) is 0 Å². The Labute approximate surface area is 151 Å². The quantitative estimate of drug-likeness (QED) is 0.700. The fourth-order valence-electron chi connectivity index (χ4n) is 3.63. The van der Waals surface area contributed by atoms with Crippen LogP contribution in [-0.2, 0) is 5.41 Å². The summed E-state index contributed by atoms with van der Waals surface area (Å²) in [6.07, 6.45) is 6.12. The molecule has 2 heteroatoms. The molecule has 0 radical (unpaired) electrons. The van der Waals surface area contributed by atoms with E-state index < -0.39 is 0 Å². The van der Waals surface area contributed by atoms with Crippen LogP contribution in [0.15, 0.2) is 53.5 Å². The van der Waals surface area contributed by atoms with E-state index in [1.54, 1.807) is 0 Å². The van der Waals surface area contributed by atoms with Crippen LogP contribution in [0.4, 0.5) is 0 Å². The largest absolute Gasteiger partial charge is 0.507 e. The van der Waals surface area contributed by atoms with Gasteiger partial charge >= 0.3 is 0 Å². The van der Waals surface area contributed by atoms with Crippen LogP contribution < -0.4 is 0 Å². The lowest BCUT2D eigenvalue weighted by molar-refractivity contribution is 0.440. The van der Waals surface area contributed by atoms with Gasteiger partial charge < -0.3 is 5.11 Å². The van der Waals surface area contributed by atoms with Crippen molar-refractivity contribution in [2.24, 2.45) is 4.99 Å². The third-order valence-corrected chi connectivity index (χ3v) is 5.03. The first kappa shape index (κ1) is 17.7. The highest BCUT2D eigenvalue weighted by Gasteiger charge is 2.23. The summed E-state index contributed by atoms with van der Waals surface area (Å²) >= 11 is 0. The van der Waals surface area contributed by atoms with E-state index in [-0.39, 0.29) is 5.41 Å². The van der Waals surface area contributed by atoms with Gasteiger partial charge in [-0.25, -0.2) is 0 Å². The van der Waals surface area contributed by atoms with Gasteiger partial charge in [-0.05, 0) is 29.9 Å². The number of para-hydroxylation sites is 1. The number of benzene rings is 2. The van der Waals surface area contributed by atoms with Crippen molar-refractivity contribution in [1.82, 2.24) is 0 Å². The molecule has 1 aliphatic rings. The number of aromatic hydroxyl groups is 1. The summed E-state index contributed by atoms with van der Waals surface area (Å²) in [6, 6.07) is 16.7. The fourth-order valence-corrected chi connectivity index (χ4v) is 3.63. The Bertz CT molecular complexity index is 734. The molecule has 132 valence electrons. The van der Waals surface area contributed by atoms with E-state index in [0.717, 1.165) is 35.2 Å². The van der Waals surface area contributed by atoms with Gasteiger partial charge in [-0.2, -0.15) is 0 Å². The Morgan fingerprint density at radius 3 is 2.24 bits per heavy atom. The third kappa shape index (κ3) is 4.12. The summed E-state index contributed by atoms with van der Waals surface area (Å²) < 4.78 is 0. The number of rotatable bonds is 3. The van der Waals surface area contributed by atoms with Crippen molar-refractivity contribution in [3.05, 3.63) is 65.2 Å². The molecule has 0 heterocycles. The molecule has 3 rings (SSSR count). The van der Waals surface area contributed by atoms with Gasteiger partial charge in [-0.1, -0.05) is 82.5 Å². The number of hydrogen-bond acceptors (Lipinski definition) is 2. The minimum absolute atomic E-state index is 0.104. The molecule has 2 aromatic rings. The maximum atomic E-state index is 11.0. The van der Waals surface area contributed by atoms with Crippen molar-refractivity contribution in [2.45, 2.75) is 64.3 Å². The van der Waals surface area contributed by atoms with Gasteiger partial charge in [0.05, 0.1) is 11.8 Å². The van der Waals surface area contributed by atoms with Crippen molar-refractivity contribution < 1.29 is 5.11 Å². The molecule has 0 aromatic heterocycles. The molecular weight excluding hydrogens is 306 g/mol. The average molecular weight is 335 g/mol. The number of phenolic OH excluding ortho intramolecular Hbond substituents is 1. The molecule has 2 aromatic carbocycles. The number of aliphatic imine (C=N–C) groups is 1. The smallest absolute Gasteiger partial charge is 0.128 e. The second-order valence-corrected chi connectivity index (χ2v) is 8.09. The molecule has 0 unspecified atom stereocenters. The molecule has 0 aliphatic heterocycles. The zero-order valence-corrected chi connectivity index (χ0v) is 15.6. The highest BCUT2D eigenvalue weighted by atomic mass is 16.3. The summed E-state index contributed by atoms with van der Waals surface area (Å²) in [4.78, 5) is 5.12. The normalized spacial score (nSPS) is 16.8. The summed E-state index contributed by atoms with van der Waals surface area (Å²) in [5, 5.41) is 11.0. The molecule has 1 fully saturated rings. The van der Waals surface area contributed by atoms with Crippen molar-refractivity contribution in [2.75, 3.05) is 0 Å². The van der Waals surface area contributed by atoms with Gasteiger partial charge in [-0.3, -0.25) is 4.99 Å². The van der Waals surface area contributed by atoms with Crippen molar-refractivity contribution in [3.8, 4) is 5.75 Å². The molecule has 25 heavy (non-hydrogen) atoms. The monoisotopic (exact) mass is 335 g/mol. The van der Waals surface area contributed by atoms with E-state index in [9.17, 15) is 5.11 Å². The first-order valence-electron chi connectivity index (χ1n) is 9.43. The maximum absolute atomic E-state index is 11.0. The van der Waals surface area contributed by atoms with Gasteiger partial charge in [0, 0.05) is 11.1 Å². The third-order valence-electron chi connectivity index (χ3n) is 5.03.